The zero-order valence-electron chi connectivity index (χ0n) is 7.66. The Morgan fingerprint density at radius 1 is 1.50 bits per heavy atom. The Hall–Kier alpha value is -0.120. The van der Waals surface area contributed by atoms with Crippen LogP contribution in [0.2, 0.25) is 0 Å². The van der Waals surface area contributed by atoms with Gasteiger partial charge in [0, 0.05) is 19.2 Å². The van der Waals surface area contributed by atoms with Crippen molar-refractivity contribution >= 4 is 0 Å². The molecule has 0 aromatic heterocycles. The molecule has 0 saturated heterocycles. The Morgan fingerprint density at radius 3 is 2.75 bits per heavy atom. The zero-order chi connectivity index (χ0) is 8.97. The van der Waals surface area contributed by atoms with Crippen LogP contribution in [0.5, 0.6) is 0 Å². The van der Waals surface area contributed by atoms with Gasteiger partial charge in [-0.2, -0.15) is 0 Å². The molecule has 0 radical (unpaired) electrons. The Labute approximate surface area is 73.8 Å². The molecule has 0 amide bonds. The van der Waals surface area contributed by atoms with Gasteiger partial charge in [-0.15, -0.1) is 0 Å². The molecule has 12 heavy (non-hydrogen) atoms. The molecular formula is C9H19NO2. The molecule has 72 valence electrons. The van der Waals surface area contributed by atoms with Gasteiger partial charge in [0.2, 0.25) is 0 Å². The lowest BCUT2D eigenvalue weighted by molar-refractivity contribution is 0.142. The van der Waals surface area contributed by atoms with Gasteiger partial charge in [-0.05, 0) is 25.2 Å². The van der Waals surface area contributed by atoms with Crippen molar-refractivity contribution in [2.45, 2.75) is 38.3 Å². The van der Waals surface area contributed by atoms with Crippen LogP contribution in [0.25, 0.3) is 0 Å². The minimum Gasteiger partial charge on any atom is -0.396 e. The fourth-order valence-corrected chi connectivity index (χ4v) is 1.60. The molecular weight excluding hydrogens is 154 g/mol. The fourth-order valence-electron chi connectivity index (χ4n) is 1.60. The third-order valence-corrected chi connectivity index (χ3v) is 2.52. The van der Waals surface area contributed by atoms with Crippen LogP contribution < -0.4 is 5.32 Å². The normalized spacial score (nSPS) is 32.2. The molecule has 1 unspecified atom stereocenters. The first-order chi connectivity index (χ1) is 5.74. The highest BCUT2D eigenvalue weighted by Gasteiger charge is 2.24. The molecule has 3 heteroatoms. The van der Waals surface area contributed by atoms with Crippen molar-refractivity contribution in [3.05, 3.63) is 0 Å². The smallest absolute Gasteiger partial charge is 0.0693 e. The van der Waals surface area contributed by atoms with Gasteiger partial charge >= 0.3 is 0 Å². The van der Waals surface area contributed by atoms with E-state index >= 15 is 0 Å². The maximum Gasteiger partial charge on any atom is 0.0693 e. The van der Waals surface area contributed by atoms with E-state index in [-0.39, 0.29) is 24.7 Å². The largest absolute Gasteiger partial charge is 0.396 e. The molecule has 1 rings (SSSR count). The van der Waals surface area contributed by atoms with Crippen LogP contribution in [0.3, 0.4) is 0 Å². The molecule has 0 bridgehead atoms. The summed E-state index contributed by atoms with van der Waals surface area (Å²) in [6, 6.07) is 0.263. The Morgan fingerprint density at radius 2 is 2.25 bits per heavy atom. The van der Waals surface area contributed by atoms with Crippen LogP contribution in [-0.2, 0) is 0 Å². The molecule has 3 N–H and O–H groups in total. The predicted octanol–water partition coefficient (Wildman–Crippen LogP) is 0.118. The van der Waals surface area contributed by atoms with Gasteiger partial charge in [-0.3, -0.25) is 0 Å². The van der Waals surface area contributed by atoms with Crippen LogP contribution in [0, 0.1) is 5.92 Å². The van der Waals surface area contributed by atoms with Gasteiger partial charge in [0.15, 0.2) is 0 Å². The van der Waals surface area contributed by atoms with Crippen LogP contribution in [-0.4, -0.2) is 35.5 Å². The summed E-state index contributed by atoms with van der Waals surface area (Å²) in [5.41, 5.74) is 0. The van der Waals surface area contributed by atoms with Crippen molar-refractivity contribution in [2.75, 3.05) is 13.2 Å². The van der Waals surface area contributed by atoms with Crippen LogP contribution in [0.1, 0.15) is 26.2 Å². The first-order valence-electron chi connectivity index (χ1n) is 4.76. The first-order valence-corrected chi connectivity index (χ1v) is 4.76. The monoisotopic (exact) mass is 173 g/mol. The summed E-state index contributed by atoms with van der Waals surface area (Å²) in [4.78, 5) is 0. The molecule has 0 aromatic carbocycles. The Bertz CT molecular complexity index is 130. The predicted molar refractivity (Wildman–Crippen MR) is 47.9 cm³/mol. The molecule has 3 atom stereocenters. The van der Waals surface area contributed by atoms with E-state index in [9.17, 15) is 5.11 Å². The third-order valence-electron chi connectivity index (χ3n) is 2.52. The second kappa shape index (κ2) is 4.80. The number of aliphatic hydroxyl groups excluding tert-OH is 2. The molecule has 1 aliphatic rings. The fraction of sp³-hybridized carbons (Fsp3) is 1.00. The maximum atomic E-state index is 9.45. The molecule has 0 spiro atoms. The van der Waals surface area contributed by atoms with Gasteiger partial charge in [-0.1, -0.05) is 6.92 Å². The third kappa shape index (κ3) is 2.73. The lowest BCUT2D eigenvalue weighted by atomic mass is 10.1. The molecule has 1 saturated carbocycles. The Kier molecular flexibility index (Phi) is 3.98. The average molecular weight is 173 g/mol. The van der Waals surface area contributed by atoms with Gasteiger partial charge in [-0.25, -0.2) is 0 Å². The van der Waals surface area contributed by atoms with E-state index in [1.807, 2.05) is 6.92 Å². The van der Waals surface area contributed by atoms with Gasteiger partial charge in [0.1, 0.15) is 0 Å². The molecule has 0 aliphatic heterocycles. The number of aliphatic hydroxyl groups is 2. The van der Waals surface area contributed by atoms with Crippen LogP contribution >= 0.6 is 0 Å². The van der Waals surface area contributed by atoms with Crippen LogP contribution in [0.4, 0.5) is 0 Å². The minimum atomic E-state index is -0.170. The lowest BCUT2D eigenvalue weighted by Gasteiger charge is -2.18. The highest BCUT2D eigenvalue weighted by atomic mass is 16.3. The summed E-state index contributed by atoms with van der Waals surface area (Å²) in [6.45, 7) is 3.02. The molecule has 1 fully saturated rings. The van der Waals surface area contributed by atoms with E-state index in [4.69, 9.17) is 5.11 Å². The summed E-state index contributed by atoms with van der Waals surface area (Å²) in [5, 5.41) is 21.5. The van der Waals surface area contributed by atoms with E-state index in [1.165, 1.54) is 0 Å². The number of nitrogens with one attached hydrogen (secondary N) is 1. The molecule has 0 aromatic rings. The highest BCUT2D eigenvalue weighted by molar-refractivity contribution is 4.82. The maximum absolute atomic E-state index is 9.45. The van der Waals surface area contributed by atoms with Crippen molar-refractivity contribution in [3.8, 4) is 0 Å². The van der Waals surface area contributed by atoms with E-state index in [0.717, 1.165) is 25.8 Å². The van der Waals surface area contributed by atoms with Gasteiger partial charge in [0.05, 0.1) is 6.10 Å². The summed E-state index contributed by atoms with van der Waals surface area (Å²) in [7, 11) is 0. The quantitative estimate of drug-likeness (QED) is 0.566. The van der Waals surface area contributed by atoms with Gasteiger partial charge in [0.25, 0.3) is 0 Å². The zero-order valence-corrected chi connectivity index (χ0v) is 7.66. The van der Waals surface area contributed by atoms with Crippen molar-refractivity contribution in [3.63, 3.8) is 0 Å². The number of hydrogen-bond donors (Lipinski definition) is 3. The summed E-state index contributed by atoms with van der Waals surface area (Å²) in [6.07, 6.45) is 2.94. The molecule has 1 aliphatic carbocycles. The standard InChI is InChI=1S/C9H19NO2/c1-7(6-11)5-10-8-3-2-4-9(8)12/h7-12H,2-6H2,1H3/t7?,8-,9-/m0/s1. The summed E-state index contributed by atoms with van der Waals surface area (Å²) >= 11 is 0. The highest BCUT2D eigenvalue weighted by Crippen LogP contribution is 2.18. The first kappa shape index (κ1) is 9.96. The van der Waals surface area contributed by atoms with E-state index in [1.54, 1.807) is 0 Å². The summed E-state index contributed by atoms with van der Waals surface area (Å²) < 4.78 is 0. The molecule has 0 heterocycles. The second-order valence-corrected chi connectivity index (χ2v) is 3.80. The lowest BCUT2D eigenvalue weighted by Crippen LogP contribution is -2.38. The van der Waals surface area contributed by atoms with E-state index < -0.39 is 0 Å². The van der Waals surface area contributed by atoms with E-state index in [0.29, 0.717) is 0 Å². The Balaban J connectivity index is 2.13. The second-order valence-electron chi connectivity index (χ2n) is 3.80. The van der Waals surface area contributed by atoms with E-state index in [2.05, 4.69) is 5.32 Å². The summed E-state index contributed by atoms with van der Waals surface area (Å²) in [5.74, 6) is 0.290. The molecule has 3 nitrogen and oxygen atoms in total. The minimum absolute atomic E-state index is 0.170. The van der Waals surface area contributed by atoms with Crippen molar-refractivity contribution in [2.24, 2.45) is 5.92 Å². The van der Waals surface area contributed by atoms with Crippen molar-refractivity contribution in [1.82, 2.24) is 5.32 Å². The van der Waals surface area contributed by atoms with Crippen molar-refractivity contribution < 1.29 is 10.2 Å². The average Bonchev–Trinajstić information content (AvgIpc) is 2.47. The number of hydrogen-bond acceptors (Lipinski definition) is 3. The van der Waals surface area contributed by atoms with Crippen LogP contribution in [0.15, 0.2) is 0 Å². The van der Waals surface area contributed by atoms with Crippen molar-refractivity contribution in [1.29, 1.82) is 0 Å². The van der Waals surface area contributed by atoms with Gasteiger partial charge < -0.3 is 15.5 Å². The SMILES string of the molecule is CC(CO)CN[C@H]1CCC[C@@H]1O. The topological polar surface area (TPSA) is 52.5 Å². The number of rotatable bonds is 4.